The Morgan fingerprint density at radius 2 is 1.97 bits per heavy atom. The zero-order valence-corrected chi connectivity index (χ0v) is 21.7. The number of urea groups is 1. The number of anilines is 2. The number of nitrogens with two attached hydrogens (primary N) is 1. The Balaban J connectivity index is 1.44. The zero-order valence-electron chi connectivity index (χ0n) is 20.8. The Kier molecular flexibility index (Phi) is 7.80. The van der Waals surface area contributed by atoms with Gasteiger partial charge in [-0.2, -0.15) is 0 Å². The maximum Gasteiger partial charge on any atom is 0.321 e. The summed E-state index contributed by atoms with van der Waals surface area (Å²) in [6, 6.07) is 13.6. The molecule has 5 N–H and O–H groups in total. The van der Waals surface area contributed by atoms with Gasteiger partial charge in [-0.05, 0) is 60.4 Å². The first-order chi connectivity index (χ1) is 17.7. The van der Waals surface area contributed by atoms with Crippen LogP contribution in [0.3, 0.4) is 0 Å². The van der Waals surface area contributed by atoms with E-state index in [0.29, 0.717) is 29.7 Å². The lowest BCUT2D eigenvalue weighted by Gasteiger charge is -2.21. The van der Waals surface area contributed by atoms with E-state index in [1.807, 2.05) is 38.1 Å². The van der Waals surface area contributed by atoms with E-state index in [9.17, 15) is 14.0 Å². The summed E-state index contributed by atoms with van der Waals surface area (Å²) in [6.45, 7) is 4.62. The molecule has 37 heavy (non-hydrogen) atoms. The highest BCUT2D eigenvalue weighted by molar-refractivity contribution is 7.80. The van der Waals surface area contributed by atoms with Crippen LogP contribution in [0.5, 0.6) is 0 Å². The molecular formula is C27H29FN6O2S. The van der Waals surface area contributed by atoms with Crippen LogP contribution in [0, 0.1) is 12.7 Å². The molecule has 192 valence electrons. The van der Waals surface area contributed by atoms with Crippen LogP contribution in [0.25, 0.3) is 10.9 Å². The van der Waals surface area contributed by atoms with E-state index >= 15 is 0 Å². The maximum absolute atomic E-state index is 14.6. The number of thiol groups is 1. The minimum absolute atomic E-state index is 0.223. The Hall–Kier alpha value is -3.89. The summed E-state index contributed by atoms with van der Waals surface area (Å²) in [5.74, 6) is -0.485. The number of H-pyrrole nitrogens is 1. The molecule has 0 spiro atoms. The first kappa shape index (κ1) is 26.2. The number of hydrogen-bond acceptors (Lipinski definition) is 6. The standard InChI is InChI=1S/C27H29FN6O2S/c1-15-8-17(16(2)32-24-10-21-23(11-22(24)28)30-14-31-26(21)35)4-5-18(15)13-34(3)27(36)33-20-6-7-25(37)19(9-20)12-29/h4-11,14,16,32,37H,12-13,29H2,1-3H3,(H,33,36)(H,30,31,35). The Labute approximate surface area is 219 Å². The summed E-state index contributed by atoms with van der Waals surface area (Å²) in [5, 5.41) is 6.35. The molecule has 4 rings (SSSR count). The van der Waals surface area contributed by atoms with Crippen LogP contribution in [0.1, 0.15) is 35.2 Å². The topological polar surface area (TPSA) is 116 Å². The molecule has 3 aromatic carbocycles. The van der Waals surface area contributed by atoms with E-state index in [4.69, 9.17) is 5.73 Å². The van der Waals surface area contributed by atoms with Crippen LogP contribution in [-0.2, 0) is 13.1 Å². The van der Waals surface area contributed by atoms with Crippen molar-refractivity contribution in [3.63, 3.8) is 0 Å². The van der Waals surface area contributed by atoms with Crippen LogP contribution in [0.15, 0.2) is 64.5 Å². The number of benzene rings is 3. The summed E-state index contributed by atoms with van der Waals surface area (Å²) < 4.78 is 14.6. The van der Waals surface area contributed by atoms with Crippen molar-refractivity contribution in [2.24, 2.45) is 5.73 Å². The number of rotatable bonds is 7. The summed E-state index contributed by atoms with van der Waals surface area (Å²) in [6.07, 6.45) is 1.25. The lowest BCUT2D eigenvalue weighted by Crippen LogP contribution is -2.31. The fraction of sp³-hybridized carbons (Fsp3) is 0.222. The van der Waals surface area contributed by atoms with Crippen LogP contribution in [-0.4, -0.2) is 27.9 Å². The first-order valence-corrected chi connectivity index (χ1v) is 12.2. The van der Waals surface area contributed by atoms with Gasteiger partial charge in [0.1, 0.15) is 5.82 Å². The molecule has 0 bridgehead atoms. The van der Waals surface area contributed by atoms with E-state index in [1.54, 1.807) is 24.1 Å². The number of carbonyl (C=O) groups excluding carboxylic acids is 1. The number of carbonyl (C=O) groups is 1. The molecule has 0 radical (unpaired) electrons. The van der Waals surface area contributed by atoms with Crippen molar-refractivity contribution in [1.29, 1.82) is 0 Å². The average molecular weight is 521 g/mol. The molecule has 1 heterocycles. The summed E-state index contributed by atoms with van der Waals surface area (Å²) in [7, 11) is 1.72. The van der Waals surface area contributed by atoms with Gasteiger partial charge in [0.25, 0.3) is 5.56 Å². The van der Waals surface area contributed by atoms with Gasteiger partial charge in [-0.15, -0.1) is 12.6 Å². The van der Waals surface area contributed by atoms with Gasteiger partial charge in [-0.25, -0.2) is 14.2 Å². The molecule has 4 aromatic rings. The van der Waals surface area contributed by atoms with Crippen molar-refractivity contribution in [2.75, 3.05) is 17.7 Å². The van der Waals surface area contributed by atoms with Crippen LogP contribution < -0.4 is 21.9 Å². The van der Waals surface area contributed by atoms with E-state index in [-0.39, 0.29) is 23.3 Å². The van der Waals surface area contributed by atoms with E-state index in [2.05, 4.69) is 33.2 Å². The molecule has 8 nitrogen and oxygen atoms in total. The van der Waals surface area contributed by atoms with Crippen LogP contribution in [0.4, 0.5) is 20.6 Å². The molecule has 0 saturated carbocycles. The lowest BCUT2D eigenvalue weighted by molar-refractivity contribution is 0.220. The molecule has 10 heteroatoms. The number of amides is 2. The quantitative estimate of drug-likeness (QED) is 0.221. The van der Waals surface area contributed by atoms with Crippen LogP contribution >= 0.6 is 12.6 Å². The normalized spacial score (nSPS) is 11.8. The molecule has 2 amide bonds. The van der Waals surface area contributed by atoms with Gasteiger partial charge in [0.2, 0.25) is 0 Å². The fourth-order valence-corrected chi connectivity index (χ4v) is 4.29. The first-order valence-electron chi connectivity index (χ1n) is 11.7. The number of aryl methyl sites for hydroxylation is 1. The van der Waals surface area contributed by atoms with Gasteiger partial charge in [0, 0.05) is 42.8 Å². The highest BCUT2D eigenvalue weighted by Crippen LogP contribution is 2.26. The molecule has 0 aliphatic heterocycles. The number of aromatic nitrogens is 2. The smallest absolute Gasteiger partial charge is 0.321 e. The summed E-state index contributed by atoms with van der Waals surface area (Å²) >= 11 is 4.36. The van der Waals surface area contributed by atoms with Gasteiger partial charge < -0.3 is 26.3 Å². The van der Waals surface area contributed by atoms with Gasteiger partial charge in [-0.3, -0.25) is 4.79 Å². The van der Waals surface area contributed by atoms with Gasteiger partial charge in [-0.1, -0.05) is 18.2 Å². The number of hydrogen-bond donors (Lipinski definition) is 5. The zero-order chi connectivity index (χ0) is 26.7. The Bertz CT molecular complexity index is 1520. The monoisotopic (exact) mass is 520 g/mol. The lowest BCUT2D eigenvalue weighted by atomic mass is 10.0. The molecule has 0 fully saturated rings. The summed E-state index contributed by atoms with van der Waals surface area (Å²) in [5.41, 5.74) is 10.3. The van der Waals surface area contributed by atoms with Crippen molar-refractivity contribution < 1.29 is 9.18 Å². The maximum atomic E-state index is 14.6. The van der Waals surface area contributed by atoms with Crippen LogP contribution in [0.2, 0.25) is 0 Å². The molecule has 0 aliphatic rings. The third kappa shape index (κ3) is 5.92. The fourth-order valence-electron chi connectivity index (χ4n) is 4.06. The second-order valence-electron chi connectivity index (χ2n) is 8.97. The molecular weight excluding hydrogens is 491 g/mol. The van der Waals surface area contributed by atoms with Crippen molar-refractivity contribution in [3.8, 4) is 0 Å². The Morgan fingerprint density at radius 1 is 1.19 bits per heavy atom. The van der Waals surface area contributed by atoms with Gasteiger partial charge in [0.15, 0.2) is 0 Å². The minimum Gasteiger partial charge on any atom is -0.376 e. The number of fused-ring (bicyclic) bond motifs is 1. The van der Waals surface area contributed by atoms with Gasteiger partial charge in [0.05, 0.1) is 22.9 Å². The highest BCUT2D eigenvalue weighted by Gasteiger charge is 2.15. The number of nitrogens with one attached hydrogen (secondary N) is 3. The second kappa shape index (κ2) is 11.0. The highest BCUT2D eigenvalue weighted by atomic mass is 32.1. The third-order valence-corrected chi connectivity index (χ3v) is 6.71. The number of halogens is 1. The van der Waals surface area contributed by atoms with Crippen molar-refractivity contribution in [3.05, 3.63) is 93.3 Å². The van der Waals surface area contributed by atoms with Crippen molar-refractivity contribution in [1.82, 2.24) is 14.9 Å². The van der Waals surface area contributed by atoms with Crippen molar-refractivity contribution in [2.45, 2.75) is 37.9 Å². The van der Waals surface area contributed by atoms with Gasteiger partial charge >= 0.3 is 6.03 Å². The predicted octanol–water partition coefficient (Wildman–Crippen LogP) is 4.96. The van der Waals surface area contributed by atoms with E-state index in [1.165, 1.54) is 18.5 Å². The SMILES string of the molecule is Cc1cc(C(C)Nc2cc3c(=O)[nH]cnc3cc2F)ccc1CN(C)C(=O)Nc1ccc(S)c(CN)c1. The largest absolute Gasteiger partial charge is 0.376 e. The van der Waals surface area contributed by atoms with E-state index < -0.39 is 5.82 Å². The number of nitrogens with zero attached hydrogens (tertiary/aromatic N) is 2. The number of aromatic amines is 1. The molecule has 1 aromatic heterocycles. The average Bonchev–Trinajstić information content (AvgIpc) is 2.87. The molecule has 1 unspecified atom stereocenters. The molecule has 0 aliphatic carbocycles. The molecule has 0 saturated heterocycles. The van der Waals surface area contributed by atoms with E-state index in [0.717, 1.165) is 27.1 Å². The minimum atomic E-state index is -0.485. The third-order valence-electron chi connectivity index (χ3n) is 6.27. The predicted molar refractivity (Wildman–Crippen MR) is 148 cm³/mol. The van der Waals surface area contributed by atoms with Crippen molar-refractivity contribution >= 4 is 40.9 Å². The summed E-state index contributed by atoms with van der Waals surface area (Å²) in [4.78, 5) is 33.7. The second-order valence-corrected chi connectivity index (χ2v) is 9.45. The Morgan fingerprint density at radius 3 is 2.70 bits per heavy atom. The molecule has 1 atom stereocenters.